The summed E-state index contributed by atoms with van der Waals surface area (Å²) >= 11 is 0. The Morgan fingerprint density at radius 2 is 1.02 bits per heavy atom. The van der Waals surface area contributed by atoms with Gasteiger partial charge in [-0.2, -0.15) is 8.78 Å². The lowest BCUT2D eigenvalue weighted by molar-refractivity contribution is -0.0887. The lowest BCUT2D eigenvalue weighted by atomic mass is 9.88. The van der Waals surface area contributed by atoms with Crippen LogP contribution in [0.1, 0.15) is 32.2 Å². The predicted octanol–water partition coefficient (Wildman–Crippen LogP) is 6.89. The van der Waals surface area contributed by atoms with E-state index in [0.29, 0.717) is 0 Å². The number of carboxylic acid groups (broad SMARTS) is 2. The van der Waals surface area contributed by atoms with Crippen molar-refractivity contribution in [3.63, 3.8) is 0 Å². The van der Waals surface area contributed by atoms with Crippen molar-refractivity contribution in [2.45, 2.75) is 11.7 Å². The van der Waals surface area contributed by atoms with Gasteiger partial charge in [-0.05, 0) is 54.6 Å². The fraction of sp³-hybridized carbons (Fsp3) is 0.0769. The van der Waals surface area contributed by atoms with Gasteiger partial charge in [-0.1, -0.05) is 0 Å². The first-order valence-corrected chi connectivity index (χ1v) is 10.8. The summed E-state index contributed by atoms with van der Waals surface area (Å²) in [6.07, 6.45) is 0. The van der Waals surface area contributed by atoms with E-state index in [1.165, 1.54) is 0 Å². The van der Waals surface area contributed by atoms with Gasteiger partial charge in [0.05, 0.1) is 17.0 Å². The summed E-state index contributed by atoms with van der Waals surface area (Å²) in [6.45, 7) is 0. The summed E-state index contributed by atoms with van der Waals surface area (Å²) in [6, 6.07) is 6.76. The van der Waals surface area contributed by atoms with E-state index >= 15 is 17.6 Å². The molecule has 1 aliphatic carbocycles. The van der Waals surface area contributed by atoms with E-state index < -0.39 is 87.3 Å². The Bertz CT molecular complexity index is 1490. The minimum Gasteiger partial charge on any atom is -0.478 e. The Kier molecular flexibility index (Phi) is 7.28. The van der Waals surface area contributed by atoms with Crippen LogP contribution < -0.4 is 9.47 Å². The molecular weight excluding hydrogens is 560 g/mol. The van der Waals surface area contributed by atoms with E-state index in [1.54, 1.807) is 0 Å². The molecule has 4 rings (SSSR count). The Labute approximate surface area is 218 Å². The van der Waals surface area contributed by atoms with E-state index in [9.17, 15) is 27.2 Å². The summed E-state index contributed by atoms with van der Waals surface area (Å²) in [7, 11) is 0. The fourth-order valence-electron chi connectivity index (χ4n) is 3.71. The molecule has 0 fully saturated rings. The minimum atomic E-state index is -3.80. The fourth-order valence-corrected chi connectivity index (χ4v) is 3.71. The second-order valence-corrected chi connectivity index (χ2v) is 8.13. The topological polar surface area (TPSA) is 93.1 Å². The van der Waals surface area contributed by atoms with Gasteiger partial charge in [0.2, 0.25) is 11.7 Å². The van der Waals surface area contributed by atoms with E-state index in [1.807, 2.05) is 0 Å². The highest BCUT2D eigenvalue weighted by atomic mass is 19.2. The molecule has 0 radical (unpaired) electrons. The standard InChI is InChI=1S/C26H12F8O6/c27-15-9-14(17(28)21(32)18(15)29)16-19(30)22(33)26(23(34)20(16)31,39-12-5-1-10(2-6-12)24(35)36)40-13-7-3-11(4-8-13)25(37)38/h1-9,16H,(H,35,36)(H,37,38). The largest absolute Gasteiger partial charge is 0.478 e. The number of allylic oxidation sites excluding steroid dienone is 2. The van der Waals surface area contributed by atoms with Gasteiger partial charge in [0.25, 0.3) is 0 Å². The predicted molar refractivity (Wildman–Crippen MR) is 118 cm³/mol. The number of rotatable bonds is 7. The first-order valence-electron chi connectivity index (χ1n) is 10.8. The summed E-state index contributed by atoms with van der Waals surface area (Å²) in [4.78, 5) is 22.2. The van der Waals surface area contributed by atoms with Crippen molar-refractivity contribution in [1.29, 1.82) is 0 Å². The SMILES string of the molecule is O=C(O)c1ccc(OC2(Oc3ccc(C(=O)O)cc3)C(F)=C(F)C(c3cc(F)c(F)c(F)c3F)C(F)=C2F)cc1. The van der Waals surface area contributed by atoms with Crippen molar-refractivity contribution >= 4 is 11.9 Å². The maximum absolute atomic E-state index is 15.7. The van der Waals surface area contributed by atoms with Gasteiger partial charge in [0.15, 0.2) is 34.9 Å². The molecule has 0 aliphatic heterocycles. The molecule has 0 saturated carbocycles. The number of aromatic carboxylic acids is 2. The van der Waals surface area contributed by atoms with Gasteiger partial charge in [0, 0.05) is 5.56 Å². The quantitative estimate of drug-likeness (QED) is 0.139. The third-order valence-corrected chi connectivity index (χ3v) is 5.67. The third kappa shape index (κ3) is 4.72. The second kappa shape index (κ2) is 10.4. The summed E-state index contributed by atoms with van der Waals surface area (Å²) in [5, 5.41) is 18.0. The number of carbonyl (C=O) groups is 2. The molecule has 3 aromatic carbocycles. The minimum absolute atomic E-state index is 0.192. The monoisotopic (exact) mass is 572 g/mol. The zero-order chi connectivity index (χ0) is 29.5. The molecule has 0 aromatic heterocycles. The van der Waals surface area contributed by atoms with Gasteiger partial charge in [-0.15, -0.1) is 0 Å². The van der Waals surface area contributed by atoms with Crippen molar-refractivity contribution in [2.75, 3.05) is 0 Å². The molecule has 1 aliphatic rings. The number of hydrogen-bond acceptors (Lipinski definition) is 4. The summed E-state index contributed by atoms with van der Waals surface area (Å²) in [5.41, 5.74) is -2.28. The lowest BCUT2D eigenvalue weighted by Crippen LogP contribution is -2.47. The Hall–Kier alpha value is -4.88. The second-order valence-electron chi connectivity index (χ2n) is 8.13. The van der Waals surface area contributed by atoms with Crippen LogP contribution in [-0.2, 0) is 0 Å². The van der Waals surface area contributed by atoms with Crippen molar-refractivity contribution in [3.8, 4) is 11.5 Å². The number of ether oxygens (including phenoxy) is 2. The zero-order valence-corrected chi connectivity index (χ0v) is 19.3. The molecule has 0 unspecified atom stereocenters. The molecule has 0 heterocycles. The molecule has 208 valence electrons. The van der Waals surface area contributed by atoms with E-state index in [-0.39, 0.29) is 17.2 Å². The molecule has 14 heteroatoms. The molecule has 0 saturated heterocycles. The summed E-state index contributed by atoms with van der Waals surface area (Å²) in [5.74, 6) is -29.8. The van der Waals surface area contributed by atoms with Crippen molar-refractivity contribution in [3.05, 3.63) is 118 Å². The van der Waals surface area contributed by atoms with Crippen molar-refractivity contribution in [1.82, 2.24) is 0 Å². The Morgan fingerprint density at radius 1 is 0.625 bits per heavy atom. The van der Waals surface area contributed by atoms with Gasteiger partial charge < -0.3 is 19.7 Å². The van der Waals surface area contributed by atoms with E-state index in [4.69, 9.17) is 19.7 Å². The average molecular weight is 572 g/mol. The maximum atomic E-state index is 15.7. The molecule has 2 N–H and O–H groups in total. The molecule has 40 heavy (non-hydrogen) atoms. The molecule has 0 spiro atoms. The number of carboxylic acids is 2. The van der Waals surface area contributed by atoms with Crippen LogP contribution in [0.15, 0.2) is 77.9 Å². The van der Waals surface area contributed by atoms with Crippen LogP contribution >= 0.6 is 0 Å². The molecule has 0 bridgehead atoms. The molecule has 6 nitrogen and oxygen atoms in total. The van der Waals surface area contributed by atoms with Crippen LogP contribution in [0.3, 0.4) is 0 Å². The zero-order valence-electron chi connectivity index (χ0n) is 19.3. The third-order valence-electron chi connectivity index (χ3n) is 5.67. The van der Waals surface area contributed by atoms with Gasteiger partial charge in [0.1, 0.15) is 11.5 Å². The molecular formula is C26H12F8O6. The molecule has 0 atom stereocenters. The van der Waals surface area contributed by atoms with Crippen molar-refractivity contribution in [2.24, 2.45) is 0 Å². The van der Waals surface area contributed by atoms with Gasteiger partial charge in [-0.25, -0.2) is 35.9 Å². The highest BCUT2D eigenvalue weighted by molar-refractivity contribution is 5.88. The number of hydrogen-bond donors (Lipinski definition) is 2. The Morgan fingerprint density at radius 3 is 1.40 bits per heavy atom. The highest BCUT2D eigenvalue weighted by Crippen LogP contribution is 2.51. The normalized spacial score (nSPS) is 15.3. The molecule has 3 aromatic rings. The lowest BCUT2D eigenvalue weighted by Gasteiger charge is -2.36. The van der Waals surface area contributed by atoms with Crippen LogP contribution in [0.2, 0.25) is 0 Å². The first-order chi connectivity index (χ1) is 18.8. The van der Waals surface area contributed by atoms with Crippen molar-refractivity contribution < 1.29 is 64.4 Å². The Balaban J connectivity index is 1.90. The smallest absolute Gasteiger partial charge is 0.365 e. The highest BCUT2D eigenvalue weighted by Gasteiger charge is 2.57. The first kappa shape index (κ1) is 28.1. The number of benzene rings is 3. The maximum Gasteiger partial charge on any atom is 0.365 e. The summed E-state index contributed by atoms with van der Waals surface area (Å²) < 4.78 is 128. The van der Waals surface area contributed by atoms with Gasteiger partial charge in [-0.3, -0.25) is 0 Å². The van der Waals surface area contributed by atoms with Crippen LogP contribution in [0, 0.1) is 23.3 Å². The van der Waals surface area contributed by atoms with Crippen LogP contribution in [0.4, 0.5) is 35.1 Å². The van der Waals surface area contributed by atoms with Gasteiger partial charge >= 0.3 is 17.7 Å². The van der Waals surface area contributed by atoms with E-state index in [0.717, 1.165) is 48.5 Å². The average Bonchev–Trinajstić information content (AvgIpc) is 2.93. The van der Waals surface area contributed by atoms with E-state index in [2.05, 4.69) is 0 Å². The number of halogens is 8. The van der Waals surface area contributed by atoms with Crippen LogP contribution in [0.5, 0.6) is 11.5 Å². The molecule has 0 amide bonds. The van der Waals surface area contributed by atoms with Crippen LogP contribution in [0.25, 0.3) is 0 Å². The van der Waals surface area contributed by atoms with Crippen LogP contribution in [-0.4, -0.2) is 27.9 Å².